The number of carboxylic acid groups (broad SMARTS) is 1. The Hall–Kier alpha value is -2.81. The molecule has 0 spiro atoms. The lowest BCUT2D eigenvalue weighted by Crippen LogP contribution is -1.99. The van der Waals surface area contributed by atoms with Gasteiger partial charge in [-0.3, -0.25) is 0 Å². The highest BCUT2D eigenvalue weighted by Crippen LogP contribution is 2.22. The average Bonchev–Trinajstić information content (AvgIpc) is 2.88. The number of hydrogen-bond acceptors (Lipinski definition) is 4. The molecule has 0 fully saturated rings. The summed E-state index contributed by atoms with van der Waals surface area (Å²) >= 11 is 0. The molecular formula is C14H13N3O3. The molecule has 1 aromatic heterocycles. The number of benzene rings is 1. The van der Waals surface area contributed by atoms with Gasteiger partial charge < -0.3 is 9.84 Å². The Bertz CT molecular complexity index is 668. The summed E-state index contributed by atoms with van der Waals surface area (Å²) in [5, 5.41) is 18.2. The number of aromatic carboxylic acids is 1. The van der Waals surface area contributed by atoms with Gasteiger partial charge >= 0.3 is 5.97 Å². The molecule has 2 aromatic rings. The average molecular weight is 271 g/mol. The number of nitrogens with zero attached hydrogens (tertiary/aromatic N) is 2. The first-order valence-electron chi connectivity index (χ1n) is 6.12. The number of carbonyl (C=O) groups is 1. The first-order chi connectivity index (χ1) is 9.70. The fraction of sp³-hybridized carbons (Fsp3) is 0.214. The zero-order chi connectivity index (χ0) is 14.4. The number of aromatic amines is 1. The fourth-order valence-electron chi connectivity index (χ4n) is 1.47. The van der Waals surface area contributed by atoms with E-state index in [1.54, 1.807) is 18.2 Å². The molecule has 2 N–H and O–H groups in total. The van der Waals surface area contributed by atoms with Crippen molar-refractivity contribution in [1.29, 1.82) is 0 Å². The Labute approximate surface area is 115 Å². The third-order valence-corrected chi connectivity index (χ3v) is 2.38. The molecule has 1 aromatic carbocycles. The van der Waals surface area contributed by atoms with E-state index in [4.69, 9.17) is 9.84 Å². The summed E-state index contributed by atoms with van der Waals surface area (Å²) in [5.74, 6) is 5.32. The molecule has 102 valence electrons. The molecule has 0 saturated carbocycles. The Morgan fingerprint density at radius 3 is 3.10 bits per heavy atom. The molecule has 2 rings (SSSR count). The number of hydrogen-bond donors (Lipinski definition) is 2. The van der Waals surface area contributed by atoms with Crippen molar-refractivity contribution in [3.05, 3.63) is 35.5 Å². The summed E-state index contributed by atoms with van der Waals surface area (Å²) < 4.78 is 5.43. The number of aromatic nitrogens is 3. The van der Waals surface area contributed by atoms with Crippen LogP contribution in [0, 0.1) is 11.8 Å². The van der Waals surface area contributed by atoms with Crippen molar-refractivity contribution in [3.63, 3.8) is 0 Å². The molecule has 0 aliphatic carbocycles. The van der Waals surface area contributed by atoms with E-state index >= 15 is 0 Å². The largest absolute Gasteiger partial charge is 0.476 e. The Balaban J connectivity index is 2.18. The maximum absolute atomic E-state index is 10.9. The van der Waals surface area contributed by atoms with Crippen LogP contribution in [0.25, 0.3) is 0 Å². The molecule has 6 nitrogen and oxygen atoms in total. The molecular weight excluding hydrogens is 258 g/mol. The minimum absolute atomic E-state index is 0.00355. The zero-order valence-electron chi connectivity index (χ0n) is 10.9. The maximum Gasteiger partial charge on any atom is 0.362 e. The highest BCUT2D eigenvalue weighted by atomic mass is 16.5. The van der Waals surface area contributed by atoms with E-state index in [0.717, 1.165) is 18.4 Å². The second-order valence-corrected chi connectivity index (χ2v) is 3.98. The predicted molar refractivity (Wildman–Crippen MR) is 71.6 cm³/mol. The molecule has 0 atom stereocenters. The van der Waals surface area contributed by atoms with Gasteiger partial charge in [0.2, 0.25) is 5.69 Å². The Kier molecular flexibility index (Phi) is 4.35. The summed E-state index contributed by atoms with van der Waals surface area (Å²) in [7, 11) is 0. The minimum atomic E-state index is -1.20. The van der Waals surface area contributed by atoms with Crippen LogP contribution in [-0.4, -0.2) is 26.5 Å². The van der Waals surface area contributed by atoms with Crippen molar-refractivity contribution in [2.45, 2.75) is 19.8 Å². The van der Waals surface area contributed by atoms with Crippen LogP contribution >= 0.6 is 0 Å². The summed E-state index contributed by atoms with van der Waals surface area (Å²) in [6.07, 6.45) is 1.84. The molecule has 0 radical (unpaired) electrons. The molecule has 0 aliphatic heterocycles. The van der Waals surface area contributed by atoms with Gasteiger partial charge in [-0.25, -0.2) is 9.89 Å². The third kappa shape index (κ3) is 3.36. The monoisotopic (exact) mass is 271 g/mol. The second kappa shape index (κ2) is 6.38. The quantitative estimate of drug-likeness (QED) is 0.834. The number of rotatable bonds is 4. The van der Waals surface area contributed by atoms with Crippen molar-refractivity contribution in [3.8, 4) is 23.5 Å². The van der Waals surface area contributed by atoms with Gasteiger partial charge in [0, 0.05) is 12.0 Å². The Morgan fingerprint density at radius 2 is 2.35 bits per heavy atom. The van der Waals surface area contributed by atoms with Crippen molar-refractivity contribution in [2.75, 3.05) is 0 Å². The molecule has 20 heavy (non-hydrogen) atoms. The molecule has 0 amide bonds. The van der Waals surface area contributed by atoms with Crippen LogP contribution in [0.1, 0.15) is 35.8 Å². The van der Waals surface area contributed by atoms with E-state index in [2.05, 4.69) is 34.2 Å². The van der Waals surface area contributed by atoms with Crippen LogP contribution < -0.4 is 4.74 Å². The van der Waals surface area contributed by atoms with E-state index in [1.807, 2.05) is 6.07 Å². The van der Waals surface area contributed by atoms with Crippen LogP contribution in [0.3, 0.4) is 0 Å². The van der Waals surface area contributed by atoms with E-state index < -0.39 is 5.97 Å². The lowest BCUT2D eigenvalue weighted by Gasteiger charge is -2.03. The molecule has 1 heterocycles. The van der Waals surface area contributed by atoms with E-state index in [1.165, 1.54) is 0 Å². The van der Waals surface area contributed by atoms with Gasteiger partial charge in [0.25, 0.3) is 5.88 Å². The van der Waals surface area contributed by atoms with Crippen molar-refractivity contribution in [2.24, 2.45) is 0 Å². The van der Waals surface area contributed by atoms with Gasteiger partial charge in [-0.1, -0.05) is 30.0 Å². The summed E-state index contributed by atoms with van der Waals surface area (Å²) in [5.41, 5.74) is 0.549. The van der Waals surface area contributed by atoms with Crippen LogP contribution in [-0.2, 0) is 0 Å². The van der Waals surface area contributed by atoms with Crippen molar-refractivity contribution < 1.29 is 14.6 Å². The highest BCUT2D eigenvalue weighted by Gasteiger charge is 2.16. The summed E-state index contributed by atoms with van der Waals surface area (Å²) in [4.78, 5) is 10.9. The number of H-pyrrole nitrogens is 1. The standard InChI is InChI=1S/C14H13N3O3/c1-2-3-4-6-10-7-5-8-11(9-10)20-13-12(14(18)19)15-17-16-13/h5,7-9H,2-3H2,1H3,(H,18,19)(H,15,16,17). The fourth-order valence-corrected chi connectivity index (χ4v) is 1.47. The number of carboxylic acids is 1. The van der Waals surface area contributed by atoms with Crippen molar-refractivity contribution >= 4 is 5.97 Å². The lowest BCUT2D eigenvalue weighted by atomic mass is 10.2. The Morgan fingerprint density at radius 1 is 1.50 bits per heavy atom. The molecule has 6 heteroatoms. The number of ether oxygens (including phenoxy) is 1. The van der Waals surface area contributed by atoms with E-state index in [9.17, 15) is 4.79 Å². The third-order valence-electron chi connectivity index (χ3n) is 2.38. The lowest BCUT2D eigenvalue weighted by molar-refractivity contribution is 0.0687. The van der Waals surface area contributed by atoms with Crippen molar-refractivity contribution in [1.82, 2.24) is 15.4 Å². The minimum Gasteiger partial charge on any atom is -0.476 e. The second-order valence-electron chi connectivity index (χ2n) is 3.98. The van der Waals surface area contributed by atoms with Gasteiger partial charge in [-0.05, 0) is 24.6 Å². The van der Waals surface area contributed by atoms with Gasteiger partial charge in [-0.2, -0.15) is 0 Å². The van der Waals surface area contributed by atoms with Gasteiger partial charge in [0.1, 0.15) is 5.75 Å². The molecule has 0 aliphatic rings. The molecule has 0 bridgehead atoms. The zero-order valence-corrected chi connectivity index (χ0v) is 10.9. The number of nitrogens with one attached hydrogen (secondary N) is 1. The first kappa shape index (κ1) is 13.6. The van der Waals surface area contributed by atoms with Gasteiger partial charge in [0.05, 0.1) is 0 Å². The van der Waals surface area contributed by atoms with E-state index in [-0.39, 0.29) is 11.6 Å². The van der Waals surface area contributed by atoms with E-state index in [0.29, 0.717) is 5.75 Å². The van der Waals surface area contributed by atoms with Gasteiger partial charge in [0.15, 0.2) is 0 Å². The highest BCUT2D eigenvalue weighted by molar-refractivity contribution is 5.87. The summed E-state index contributed by atoms with van der Waals surface area (Å²) in [6, 6.07) is 7.08. The maximum atomic E-state index is 10.9. The first-order valence-corrected chi connectivity index (χ1v) is 6.12. The van der Waals surface area contributed by atoms with Crippen LogP contribution in [0.4, 0.5) is 0 Å². The normalized spacial score (nSPS) is 9.65. The molecule has 0 unspecified atom stereocenters. The van der Waals surface area contributed by atoms with Gasteiger partial charge in [-0.15, -0.1) is 5.10 Å². The predicted octanol–water partition coefficient (Wildman–Crippen LogP) is 2.45. The van der Waals surface area contributed by atoms with Crippen LogP contribution in [0.2, 0.25) is 0 Å². The SMILES string of the molecule is CCCC#Cc1cccc(Oc2[nH]nnc2C(=O)O)c1. The smallest absolute Gasteiger partial charge is 0.362 e. The topological polar surface area (TPSA) is 88.1 Å². The van der Waals surface area contributed by atoms with Crippen LogP contribution in [0.5, 0.6) is 11.6 Å². The molecule has 0 saturated heterocycles. The summed E-state index contributed by atoms with van der Waals surface area (Å²) in [6.45, 7) is 2.06. The number of unbranched alkanes of at least 4 members (excludes halogenated alkanes) is 1. The van der Waals surface area contributed by atoms with Crippen LogP contribution in [0.15, 0.2) is 24.3 Å².